The van der Waals surface area contributed by atoms with Crippen LogP contribution in [0.3, 0.4) is 0 Å². The predicted molar refractivity (Wildman–Crippen MR) is 399 cm³/mol. The maximum Gasteiger partial charge on any atom is 0.472 e. The van der Waals surface area contributed by atoms with E-state index in [4.69, 9.17) is 37.0 Å². The molecule has 562 valence electrons. The smallest absolute Gasteiger partial charge is 0.462 e. The number of hydrogen-bond acceptors (Lipinski definition) is 15. The van der Waals surface area contributed by atoms with Gasteiger partial charge in [0.25, 0.3) is 0 Å². The Morgan fingerprint density at radius 2 is 0.551 bits per heavy atom. The van der Waals surface area contributed by atoms with E-state index in [1.807, 2.05) is 12.2 Å². The molecule has 0 amide bonds. The van der Waals surface area contributed by atoms with Gasteiger partial charge in [-0.1, -0.05) is 252 Å². The minimum Gasteiger partial charge on any atom is -0.462 e. The van der Waals surface area contributed by atoms with Crippen LogP contribution in [0.15, 0.2) is 122 Å². The molecule has 0 aliphatic heterocycles. The lowest BCUT2D eigenvalue weighted by molar-refractivity contribution is -0.161. The second-order valence-corrected chi connectivity index (χ2v) is 27.7. The highest BCUT2D eigenvalue weighted by Gasteiger charge is 2.30. The first-order valence-electron chi connectivity index (χ1n) is 37.8. The van der Waals surface area contributed by atoms with E-state index in [9.17, 15) is 43.2 Å². The molecule has 0 bridgehead atoms. The molecule has 0 aliphatic carbocycles. The minimum absolute atomic E-state index is 0.0707. The highest BCUT2D eigenvalue weighted by molar-refractivity contribution is 7.47. The van der Waals surface area contributed by atoms with Crippen molar-refractivity contribution < 1.29 is 80.2 Å². The second-order valence-electron chi connectivity index (χ2n) is 24.8. The van der Waals surface area contributed by atoms with Crippen LogP contribution in [0, 0.1) is 0 Å². The quantitative estimate of drug-likeness (QED) is 0.0169. The maximum absolute atomic E-state index is 13.1. The number of carbonyl (C=O) groups is 4. The molecular weight excluding hydrogens is 1280 g/mol. The van der Waals surface area contributed by atoms with Gasteiger partial charge < -0.3 is 33.8 Å². The summed E-state index contributed by atoms with van der Waals surface area (Å²) in [5.41, 5.74) is 0. The number of aliphatic hydroxyl groups excluding tert-OH is 1. The van der Waals surface area contributed by atoms with Crippen LogP contribution in [0.2, 0.25) is 0 Å². The molecule has 19 heteroatoms. The topological polar surface area (TPSA) is 237 Å². The molecule has 0 rings (SSSR count). The van der Waals surface area contributed by atoms with Crippen LogP contribution >= 0.6 is 15.6 Å². The van der Waals surface area contributed by atoms with Crippen molar-refractivity contribution in [2.24, 2.45) is 0 Å². The molecule has 0 fully saturated rings. The monoisotopic (exact) mass is 1420 g/mol. The molecule has 98 heavy (non-hydrogen) atoms. The average molecular weight is 1420 g/mol. The number of aliphatic hydroxyl groups is 1. The van der Waals surface area contributed by atoms with Gasteiger partial charge in [-0.3, -0.25) is 37.3 Å². The van der Waals surface area contributed by atoms with Crippen molar-refractivity contribution in [3.8, 4) is 0 Å². The summed E-state index contributed by atoms with van der Waals surface area (Å²) in [4.78, 5) is 72.8. The zero-order valence-electron chi connectivity index (χ0n) is 61.2. The maximum atomic E-state index is 13.1. The molecule has 0 heterocycles. The van der Waals surface area contributed by atoms with E-state index in [0.717, 1.165) is 173 Å². The summed E-state index contributed by atoms with van der Waals surface area (Å²) in [5.74, 6) is -2.27. The van der Waals surface area contributed by atoms with Crippen LogP contribution in [0.25, 0.3) is 0 Å². The summed E-state index contributed by atoms with van der Waals surface area (Å²) in [5, 5.41) is 10.6. The summed E-state index contributed by atoms with van der Waals surface area (Å²) in [6, 6.07) is 0. The summed E-state index contributed by atoms with van der Waals surface area (Å²) < 4.78 is 68.3. The normalized spacial score (nSPS) is 14.6. The van der Waals surface area contributed by atoms with Crippen molar-refractivity contribution in [2.75, 3.05) is 39.6 Å². The number of esters is 4. The fourth-order valence-electron chi connectivity index (χ4n) is 9.66. The van der Waals surface area contributed by atoms with Gasteiger partial charge in [0.05, 0.1) is 26.4 Å². The van der Waals surface area contributed by atoms with Crippen molar-refractivity contribution in [2.45, 2.75) is 316 Å². The molecule has 0 aromatic rings. The second kappa shape index (κ2) is 70.9. The predicted octanol–water partition coefficient (Wildman–Crippen LogP) is 21.6. The molecule has 0 saturated heterocycles. The summed E-state index contributed by atoms with van der Waals surface area (Å²) in [6.07, 6.45) is 76.3. The van der Waals surface area contributed by atoms with E-state index in [-0.39, 0.29) is 25.7 Å². The Morgan fingerprint density at radius 3 is 0.898 bits per heavy atom. The number of allylic oxidation sites excluding steroid dienone is 20. The molecule has 5 atom stereocenters. The minimum atomic E-state index is -4.99. The van der Waals surface area contributed by atoms with Gasteiger partial charge in [-0.25, -0.2) is 9.13 Å². The number of phosphoric acid groups is 2. The van der Waals surface area contributed by atoms with Crippen LogP contribution in [0.4, 0.5) is 0 Å². The van der Waals surface area contributed by atoms with Crippen LogP contribution < -0.4 is 0 Å². The Hall–Kier alpha value is -4.54. The summed E-state index contributed by atoms with van der Waals surface area (Å²) in [7, 11) is -9.97. The Morgan fingerprint density at radius 1 is 0.296 bits per heavy atom. The van der Waals surface area contributed by atoms with Crippen molar-refractivity contribution in [3.05, 3.63) is 122 Å². The van der Waals surface area contributed by atoms with E-state index in [2.05, 4.69) is 137 Å². The highest BCUT2D eigenvalue weighted by Crippen LogP contribution is 2.45. The Kier molecular flexibility index (Phi) is 67.6. The van der Waals surface area contributed by atoms with Gasteiger partial charge >= 0.3 is 39.5 Å². The average Bonchev–Trinajstić information content (AvgIpc) is 0.973. The molecule has 0 aromatic carbocycles. The van der Waals surface area contributed by atoms with Crippen molar-refractivity contribution in [3.63, 3.8) is 0 Å². The molecule has 0 spiro atoms. The summed E-state index contributed by atoms with van der Waals surface area (Å²) >= 11 is 0. The van der Waals surface area contributed by atoms with E-state index in [1.165, 1.54) is 38.5 Å². The Bertz CT molecular complexity index is 2340. The van der Waals surface area contributed by atoms with Gasteiger partial charge in [0, 0.05) is 25.7 Å². The fourth-order valence-corrected chi connectivity index (χ4v) is 11.2. The standard InChI is InChI=1S/C79H134O17P2/c1-5-9-13-17-21-25-29-32-34-36-38-41-44-47-51-55-59-63-76(81)89-69-74(95-78(83)65-61-57-53-49-43-28-24-20-16-12-8-4)71-93-97(85,86)91-67-73(80)68-92-98(87,88)94-72-75(96-79(84)66-62-58-54-50-46-40-31-27-23-19-15-11-7-3)70-90-77(82)64-60-56-52-48-45-42-39-37-35-33-30-26-22-18-14-10-6-2/h9-10,13-14,20-22,24-27,31-35,39,42,48,52,73-75,80H,5-8,11-12,15-19,23,28-30,36-38,40-41,43-47,49-51,53-72H2,1-4H3,(H,85,86)(H,87,88)/b13-9-,14-10-,24-20-,25-21-,26-22-,31-27-,34-32-,35-33-,42-39-,52-48-. The third-order valence-corrected chi connectivity index (χ3v) is 17.3. The number of unbranched alkanes of at least 4 members (excludes halogenated alkanes) is 24. The van der Waals surface area contributed by atoms with Crippen LogP contribution in [-0.2, 0) is 65.4 Å². The van der Waals surface area contributed by atoms with Gasteiger partial charge in [-0.2, -0.15) is 0 Å². The Balaban J connectivity index is 5.37. The van der Waals surface area contributed by atoms with E-state index < -0.39 is 97.5 Å². The number of phosphoric ester groups is 2. The van der Waals surface area contributed by atoms with Crippen molar-refractivity contribution >= 4 is 39.5 Å². The van der Waals surface area contributed by atoms with E-state index in [1.54, 1.807) is 0 Å². The molecule has 5 unspecified atom stereocenters. The van der Waals surface area contributed by atoms with Gasteiger partial charge in [-0.15, -0.1) is 0 Å². The molecule has 0 saturated carbocycles. The van der Waals surface area contributed by atoms with E-state index >= 15 is 0 Å². The zero-order valence-corrected chi connectivity index (χ0v) is 63.0. The van der Waals surface area contributed by atoms with Gasteiger partial charge in [0.2, 0.25) is 0 Å². The number of rotatable bonds is 70. The largest absolute Gasteiger partial charge is 0.472 e. The Labute approximate surface area is 593 Å². The lowest BCUT2D eigenvalue weighted by Gasteiger charge is -2.21. The van der Waals surface area contributed by atoms with E-state index in [0.29, 0.717) is 32.1 Å². The molecule has 17 nitrogen and oxygen atoms in total. The third-order valence-electron chi connectivity index (χ3n) is 15.4. The first kappa shape index (κ1) is 93.5. The molecular formula is C79H134O17P2. The summed E-state index contributed by atoms with van der Waals surface area (Å²) in [6.45, 7) is 4.50. The highest BCUT2D eigenvalue weighted by atomic mass is 31.2. The first-order valence-corrected chi connectivity index (χ1v) is 40.8. The zero-order chi connectivity index (χ0) is 71.8. The van der Waals surface area contributed by atoms with Crippen molar-refractivity contribution in [1.82, 2.24) is 0 Å². The van der Waals surface area contributed by atoms with Crippen LogP contribution in [0.1, 0.15) is 297 Å². The molecule has 0 aliphatic rings. The lowest BCUT2D eigenvalue weighted by atomic mass is 10.1. The SMILES string of the molecule is CC/C=C\C/C=C\C/C=C\C/C=C\C/C=C\CCCC(=O)OCC(COP(=O)(O)OCC(O)COP(=O)(O)OCC(COC(=O)CCCCCCCCC/C=C\C/C=C\C/C=C\CC)OC(=O)CCCCCCC/C=C\CCCC)OC(=O)CCCCCCC/C=C\CCCCCC. The van der Waals surface area contributed by atoms with Crippen LogP contribution in [-0.4, -0.2) is 96.7 Å². The third kappa shape index (κ3) is 69.9. The van der Waals surface area contributed by atoms with Gasteiger partial charge in [-0.05, 0) is 141 Å². The lowest BCUT2D eigenvalue weighted by Crippen LogP contribution is -2.30. The number of carbonyl (C=O) groups excluding carboxylic acids is 4. The van der Waals surface area contributed by atoms with Crippen molar-refractivity contribution in [1.29, 1.82) is 0 Å². The number of ether oxygens (including phenoxy) is 4. The fraction of sp³-hybridized carbons (Fsp3) is 0.696. The molecule has 0 radical (unpaired) electrons. The number of hydrogen-bond donors (Lipinski definition) is 3. The molecule has 3 N–H and O–H groups in total. The van der Waals surface area contributed by atoms with Crippen LogP contribution in [0.5, 0.6) is 0 Å². The first-order chi connectivity index (χ1) is 47.7. The van der Waals surface area contributed by atoms with Gasteiger partial charge in [0.1, 0.15) is 19.3 Å². The molecule has 0 aromatic heterocycles. The van der Waals surface area contributed by atoms with Gasteiger partial charge in [0.15, 0.2) is 12.2 Å².